The smallest absolute Gasteiger partial charge is 0.0998 e. The Morgan fingerprint density at radius 2 is 0.782 bits per heavy atom. The number of nitriles is 2. The van der Waals surface area contributed by atoms with Gasteiger partial charge in [0.2, 0.25) is 0 Å². The number of hydrogen-bond acceptors (Lipinski definition) is 2. The first-order chi connectivity index (χ1) is 27.2. The van der Waals surface area contributed by atoms with Gasteiger partial charge in [-0.2, -0.15) is 10.5 Å². The fraction of sp³-hybridized carbons (Fsp3) is 0. The Morgan fingerprint density at radius 1 is 0.327 bits per heavy atom. The van der Waals surface area contributed by atoms with Crippen molar-refractivity contribution in [3.8, 4) is 40.3 Å². The normalized spacial score (nSPS) is 11.6. The van der Waals surface area contributed by atoms with Gasteiger partial charge in [-0.3, -0.25) is 0 Å². The van der Waals surface area contributed by atoms with E-state index in [2.05, 4.69) is 171 Å². The van der Waals surface area contributed by atoms with Gasteiger partial charge in [-0.15, -0.1) is 0 Å². The zero-order valence-corrected chi connectivity index (χ0v) is 29.5. The van der Waals surface area contributed by atoms with Crippen LogP contribution in [0.5, 0.6) is 0 Å². The van der Waals surface area contributed by atoms with Gasteiger partial charge < -0.3 is 13.7 Å². The summed E-state index contributed by atoms with van der Waals surface area (Å²) in [5, 5.41) is 27.1. The molecule has 0 fully saturated rings. The summed E-state index contributed by atoms with van der Waals surface area (Å²) in [4.78, 5) is 0. The summed E-state index contributed by atoms with van der Waals surface area (Å²) in [7, 11) is 0. The van der Waals surface area contributed by atoms with Crippen LogP contribution in [0, 0.1) is 22.7 Å². The van der Waals surface area contributed by atoms with E-state index in [1.54, 1.807) is 0 Å². The van der Waals surface area contributed by atoms with Crippen LogP contribution < -0.4 is 0 Å². The molecule has 0 bridgehead atoms. The van der Waals surface area contributed by atoms with Crippen molar-refractivity contribution < 1.29 is 0 Å². The maximum Gasteiger partial charge on any atom is 0.0998 e. The van der Waals surface area contributed by atoms with Gasteiger partial charge in [0.1, 0.15) is 0 Å². The van der Waals surface area contributed by atoms with E-state index >= 15 is 0 Å². The third kappa shape index (κ3) is 4.51. The topological polar surface area (TPSA) is 62.4 Å². The molecule has 3 aromatic heterocycles. The number of rotatable bonds is 4. The van der Waals surface area contributed by atoms with Crippen LogP contribution in [0.15, 0.2) is 176 Å². The zero-order chi connectivity index (χ0) is 36.6. The molecule has 254 valence electrons. The predicted octanol–water partition coefficient (Wildman–Crippen LogP) is 12.4. The van der Waals surface area contributed by atoms with Crippen LogP contribution in [-0.4, -0.2) is 13.7 Å². The van der Waals surface area contributed by atoms with E-state index < -0.39 is 0 Å². The van der Waals surface area contributed by atoms with E-state index in [1.165, 1.54) is 21.5 Å². The molecule has 0 aliphatic carbocycles. The molecule has 11 rings (SSSR count). The average molecular weight is 700 g/mol. The van der Waals surface area contributed by atoms with Crippen LogP contribution in [0.1, 0.15) is 11.1 Å². The molecule has 5 heteroatoms. The van der Waals surface area contributed by atoms with Gasteiger partial charge in [0, 0.05) is 54.9 Å². The van der Waals surface area contributed by atoms with Crippen molar-refractivity contribution in [2.75, 3.05) is 0 Å². The first-order valence-corrected chi connectivity index (χ1v) is 18.3. The summed E-state index contributed by atoms with van der Waals surface area (Å²) in [5.41, 5.74) is 12.7. The van der Waals surface area contributed by atoms with Gasteiger partial charge in [-0.1, -0.05) is 91.0 Å². The molecule has 5 nitrogen and oxygen atoms in total. The summed E-state index contributed by atoms with van der Waals surface area (Å²) in [6.45, 7) is 0. The van der Waals surface area contributed by atoms with E-state index in [9.17, 15) is 10.5 Å². The molecule has 0 spiro atoms. The molecule has 0 N–H and O–H groups in total. The Labute approximate surface area is 316 Å². The number of benzene rings is 8. The van der Waals surface area contributed by atoms with Gasteiger partial charge in [0.05, 0.1) is 56.4 Å². The summed E-state index contributed by atoms with van der Waals surface area (Å²) >= 11 is 0. The molecule has 0 aliphatic rings. The molecular weight excluding hydrogens is 671 g/mol. The average Bonchev–Trinajstić information content (AvgIpc) is 3.88. The van der Waals surface area contributed by atoms with Crippen molar-refractivity contribution in [2.24, 2.45) is 0 Å². The molecule has 0 amide bonds. The highest BCUT2D eigenvalue weighted by Gasteiger charge is 2.19. The minimum atomic E-state index is 0.604. The summed E-state index contributed by atoms with van der Waals surface area (Å²) in [6, 6.07) is 65.9. The molecule has 11 aromatic rings. The maximum atomic E-state index is 10.4. The second-order valence-electron chi connectivity index (χ2n) is 14.0. The monoisotopic (exact) mass is 699 g/mol. The molecule has 0 aliphatic heterocycles. The quantitative estimate of drug-likeness (QED) is 0.184. The number of para-hydroxylation sites is 4. The highest BCUT2D eigenvalue weighted by molar-refractivity contribution is 6.12. The third-order valence-electron chi connectivity index (χ3n) is 11.1. The number of hydrogen-bond donors (Lipinski definition) is 0. The molecule has 0 radical (unpaired) electrons. The predicted molar refractivity (Wildman–Crippen MR) is 224 cm³/mol. The molecular formula is C50H29N5. The van der Waals surface area contributed by atoms with E-state index in [4.69, 9.17) is 0 Å². The van der Waals surface area contributed by atoms with Crippen LogP contribution in [0.4, 0.5) is 0 Å². The number of nitrogens with zero attached hydrogens (tertiary/aromatic N) is 5. The lowest BCUT2D eigenvalue weighted by Gasteiger charge is -2.14. The Kier molecular flexibility index (Phi) is 6.61. The van der Waals surface area contributed by atoms with Crippen LogP contribution in [0.3, 0.4) is 0 Å². The Hall–Kier alpha value is -7.86. The molecule has 0 unspecified atom stereocenters. The highest BCUT2D eigenvalue weighted by Crippen LogP contribution is 2.39. The molecule has 0 atom stereocenters. The van der Waals surface area contributed by atoms with Gasteiger partial charge in [-0.25, -0.2) is 0 Å². The van der Waals surface area contributed by atoms with Crippen LogP contribution in [0.2, 0.25) is 0 Å². The lowest BCUT2D eigenvalue weighted by Crippen LogP contribution is -1.98. The second-order valence-corrected chi connectivity index (χ2v) is 14.0. The number of fused-ring (bicyclic) bond motifs is 9. The van der Waals surface area contributed by atoms with Crippen molar-refractivity contribution in [1.82, 2.24) is 13.7 Å². The summed E-state index contributed by atoms with van der Waals surface area (Å²) in [6.07, 6.45) is 0. The largest absolute Gasteiger partial charge is 0.309 e. The Bertz CT molecular complexity index is 3350. The van der Waals surface area contributed by atoms with Crippen molar-refractivity contribution in [2.45, 2.75) is 0 Å². The summed E-state index contributed by atoms with van der Waals surface area (Å²) in [5.74, 6) is 0. The molecule has 0 saturated carbocycles. The molecule has 8 aromatic carbocycles. The van der Waals surface area contributed by atoms with Crippen molar-refractivity contribution in [3.05, 3.63) is 187 Å². The van der Waals surface area contributed by atoms with Crippen molar-refractivity contribution >= 4 is 65.4 Å². The highest BCUT2D eigenvalue weighted by atomic mass is 15.0. The SMILES string of the molecule is N#Cc1ccc2c(c1)c1ccc(-n3c4ccccc4c4ccccc43)cc1n2-c1ccc(C#N)c(-c2ccc(-n3c4ccccc4c4ccccc43)cc2)c1. The van der Waals surface area contributed by atoms with Crippen LogP contribution in [-0.2, 0) is 0 Å². The van der Waals surface area contributed by atoms with E-state index in [-0.39, 0.29) is 0 Å². The van der Waals surface area contributed by atoms with E-state index in [1.807, 2.05) is 30.3 Å². The lowest BCUT2D eigenvalue weighted by atomic mass is 9.99. The number of aromatic nitrogens is 3. The standard InChI is InChI=1S/C50H29N5/c51-30-32-17-26-49-44(27-32)42-25-24-37(54-47-15-7-3-11-40(47)41-12-4-8-16-48(41)54)29-50(42)55(49)36-23-20-34(31-52)43(28-36)33-18-21-35(22-19-33)53-45-13-5-1-9-38(45)39-10-2-6-14-46(39)53/h1-29H. The van der Waals surface area contributed by atoms with Crippen molar-refractivity contribution in [3.63, 3.8) is 0 Å². The fourth-order valence-electron chi connectivity index (χ4n) is 8.70. The lowest BCUT2D eigenvalue weighted by molar-refractivity contribution is 1.15. The maximum absolute atomic E-state index is 10.4. The van der Waals surface area contributed by atoms with E-state index in [0.29, 0.717) is 11.1 Å². The third-order valence-corrected chi connectivity index (χ3v) is 11.1. The molecule has 0 saturated heterocycles. The van der Waals surface area contributed by atoms with Gasteiger partial charge in [0.15, 0.2) is 0 Å². The first-order valence-electron chi connectivity index (χ1n) is 18.3. The van der Waals surface area contributed by atoms with Crippen LogP contribution >= 0.6 is 0 Å². The van der Waals surface area contributed by atoms with Crippen molar-refractivity contribution in [1.29, 1.82) is 10.5 Å². The minimum Gasteiger partial charge on any atom is -0.309 e. The van der Waals surface area contributed by atoms with Gasteiger partial charge in [0.25, 0.3) is 0 Å². The Morgan fingerprint density at radius 3 is 1.35 bits per heavy atom. The van der Waals surface area contributed by atoms with Crippen LogP contribution in [0.25, 0.3) is 93.6 Å². The van der Waals surface area contributed by atoms with Gasteiger partial charge >= 0.3 is 0 Å². The summed E-state index contributed by atoms with van der Waals surface area (Å²) < 4.78 is 6.90. The van der Waals surface area contributed by atoms with Gasteiger partial charge in [-0.05, 0) is 90.5 Å². The second kappa shape index (κ2) is 11.8. The zero-order valence-electron chi connectivity index (χ0n) is 29.5. The molecule has 3 heterocycles. The molecule has 55 heavy (non-hydrogen) atoms. The minimum absolute atomic E-state index is 0.604. The van der Waals surface area contributed by atoms with E-state index in [0.717, 1.165) is 72.1 Å². The first kappa shape index (κ1) is 30.7. The fourth-order valence-corrected chi connectivity index (χ4v) is 8.70. The Balaban J connectivity index is 1.11.